The van der Waals surface area contributed by atoms with Crippen molar-refractivity contribution in [3.63, 3.8) is 0 Å². The predicted octanol–water partition coefficient (Wildman–Crippen LogP) is 2.33. The maximum Gasteiger partial charge on any atom is 0.409 e. The number of para-hydroxylation sites is 1. The lowest BCUT2D eigenvalue weighted by atomic mass is 9.97. The van der Waals surface area contributed by atoms with Crippen molar-refractivity contribution in [2.24, 2.45) is 0 Å². The maximum atomic E-state index is 12.8. The van der Waals surface area contributed by atoms with E-state index in [0.29, 0.717) is 30.9 Å². The van der Waals surface area contributed by atoms with Gasteiger partial charge in [-0.1, -0.05) is 12.1 Å². The molecule has 0 fully saturated rings. The Morgan fingerprint density at radius 1 is 1.27 bits per heavy atom. The molecule has 8 heteroatoms. The number of pyridine rings is 1. The van der Waals surface area contributed by atoms with Crippen LogP contribution in [0.4, 0.5) is 10.6 Å². The third kappa shape index (κ3) is 2.75. The molecule has 26 heavy (non-hydrogen) atoms. The lowest BCUT2D eigenvalue weighted by Gasteiger charge is -2.28. The first-order chi connectivity index (χ1) is 12.7. The van der Waals surface area contributed by atoms with Gasteiger partial charge in [-0.15, -0.1) is 0 Å². The number of methoxy groups -OCH3 is 1. The fourth-order valence-electron chi connectivity index (χ4n) is 3.21. The van der Waals surface area contributed by atoms with E-state index < -0.39 is 0 Å². The van der Waals surface area contributed by atoms with E-state index in [9.17, 15) is 9.59 Å². The van der Waals surface area contributed by atoms with Gasteiger partial charge in [0, 0.05) is 24.3 Å². The number of hydrogen-bond donors (Lipinski definition) is 2. The summed E-state index contributed by atoms with van der Waals surface area (Å²) in [6, 6.07) is 7.57. The van der Waals surface area contributed by atoms with Gasteiger partial charge >= 0.3 is 6.09 Å². The van der Waals surface area contributed by atoms with Gasteiger partial charge in [0.1, 0.15) is 0 Å². The quantitative estimate of drug-likeness (QED) is 0.738. The van der Waals surface area contributed by atoms with Crippen LogP contribution in [0.2, 0.25) is 0 Å². The van der Waals surface area contributed by atoms with E-state index in [0.717, 1.165) is 22.0 Å². The Hall–Kier alpha value is -3.42. The van der Waals surface area contributed by atoms with Crippen LogP contribution in [-0.2, 0) is 17.7 Å². The Morgan fingerprint density at radius 2 is 2.12 bits per heavy atom. The minimum absolute atomic E-state index is 0.266. The molecule has 8 nitrogen and oxygen atoms in total. The van der Waals surface area contributed by atoms with Gasteiger partial charge in [0.15, 0.2) is 5.82 Å². The molecule has 2 aromatic heterocycles. The zero-order valence-electron chi connectivity index (χ0n) is 14.2. The van der Waals surface area contributed by atoms with Gasteiger partial charge in [0.05, 0.1) is 24.7 Å². The Balaban J connectivity index is 1.61. The standard InChI is InChI=1S/C18H17N5O3/c1-26-18(25)23-7-6-12-11(10-23)8-19-9-14(12)17(24)20-16-13-4-2-3-5-15(13)21-22-16/h2-5,8-9H,6-7,10H2,1H3,(H2,20,21,22,24). The number of amides is 2. The molecule has 2 N–H and O–H groups in total. The van der Waals surface area contributed by atoms with Crippen LogP contribution in [0.1, 0.15) is 21.5 Å². The highest BCUT2D eigenvalue weighted by atomic mass is 16.5. The van der Waals surface area contributed by atoms with Crippen molar-refractivity contribution in [1.29, 1.82) is 0 Å². The largest absolute Gasteiger partial charge is 0.453 e. The minimum atomic E-state index is -0.381. The van der Waals surface area contributed by atoms with E-state index in [-0.39, 0.29) is 12.0 Å². The molecule has 0 aliphatic carbocycles. The summed E-state index contributed by atoms with van der Waals surface area (Å²) in [6.45, 7) is 0.872. The van der Waals surface area contributed by atoms with Crippen LogP contribution in [0.3, 0.4) is 0 Å². The molecule has 0 saturated carbocycles. The third-order valence-electron chi connectivity index (χ3n) is 4.52. The zero-order valence-corrected chi connectivity index (χ0v) is 14.2. The fourth-order valence-corrected chi connectivity index (χ4v) is 3.21. The van der Waals surface area contributed by atoms with Crippen LogP contribution < -0.4 is 5.32 Å². The minimum Gasteiger partial charge on any atom is -0.453 e. The number of carbonyl (C=O) groups is 2. The number of fused-ring (bicyclic) bond motifs is 2. The SMILES string of the molecule is COC(=O)N1CCc2c(cncc2C(=O)Nc2n[nH]c3ccccc23)C1. The second kappa shape index (κ2) is 6.47. The van der Waals surface area contributed by atoms with Crippen molar-refractivity contribution < 1.29 is 14.3 Å². The Kier molecular flexibility index (Phi) is 4.00. The third-order valence-corrected chi connectivity index (χ3v) is 4.52. The zero-order chi connectivity index (χ0) is 18.1. The Labute approximate surface area is 149 Å². The first kappa shape index (κ1) is 16.1. The molecule has 132 valence electrons. The predicted molar refractivity (Wildman–Crippen MR) is 94.8 cm³/mol. The normalized spacial score (nSPS) is 13.3. The summed E-state index contributed by atoms with van der Waals surface area (Å²) in [7, 11) is 1.36. The summed E-state index contributed by atoms with van der Waals surface area (Å²) in [5.74, 6) is 0.216. The van der Waals surface area contributed by atoms with Crippen LogP contribution >= 0.6 is 0 Å². The van der Waals surface area contributed by atoms with Crippen LogP contribution in [0.5, 0.6) is 0 Å². The first-order valence-corrected chi connectivity index (χ1v) is 8.20. The summed E-state index contributed by atoms with van der Waals surface area (Å²) in [4.78, 5) is 30.3. The lowest BCUT2D eigenvalue weighted by molar-refractivity contribution is 0.102. The van der Waals surface area contributed by atoms with Crippen molar-refractivity contribution in [3.05, 3.63) is 53.3 Å². The average Bonchev–Trinajstić information content (AvgIpc) is 3.09. The lowest BCUT2D eigenvalue weighted by Crippen LogP contribution is -2.36. The Morgan fingerprint density at radius 3 is 2.96 bits per heavy atom. The van der Waals surface area contributed by atoms with E-state index in [1.165, 1.54) is 7.11 Å². The average molecular weight is 351 g/mol. The molecular formula is C18H17N5O3. The van der Waals surface area contributed by atoms with Crippen molar-refractivity contribution >= 4 is 28.7 Å². The second-order valence-electron chi connectivity index (χ2n) is 6.04. The van der Waals surface area contributed by atoms with Crippen molar-refractivity contribution in [2.75, 3.05) is 19.0 Å². The number of hydrogen-bond acceptors (Lipinski definition) is 5. The fraction of sp³-hybridized carbons (Fsp3) is 0.222. The number of rotatable bonds is 2. The number of anilines is 1. The van der Waals surface area contributed by atoms with Crippen LogP contribution in [0.15, 0.2) is 36.7 Å². The van der Waals surface area contributed by atoms with Gasteiger partial charge in [-0.2, -0.15) is 5.10 Å². The summed E-state index contributed by atoms with van der Waals surface area (Å²) in [6.07, 6.45) is 3.42. The van der Waals surface area contributed by atoms with Gasteiger partial charge < -0.3 is 15.0 Å². The molecule has 0 bridgehead atoms. The van der Waals surface area contributed by atoms with Crippen LogP contribution in [0.25, 0.3) is 10.9 Å². The molecule has 2 amide bonds. The van der Waals surface area contributed by atoms with E-state index >= 15 is 0 Å². The van der Waals surface area contributed by atoms with Gasteiger partial charge in [-0.05, 0) is 29.7 Å². The van der Waals surface area contributed by atoms with Crippen molar-refractivity contribution in [1.82, 2.24) is 20.1 Å². The topological polar surface area (TPSA) is 100 Å². The van der Waals surface area contributed by atoms with Crippen LogP contribution in [-0.4, -0.2) is 45.7 Å². The van der Waals surface area contributed by atoms with Crippen molar-refractivity contribution in [2.45, 2.75) is 13.0 Å². The summed E-state index contributed by atoms with van der Waals surface area (Å²) in [5.41, 5.74) is 3.10. The summed E-state index contributed by atoms with van der Waals surface area (Å²) >= 11 is 0. The van der Waals surface area contributed by atoms with E-state index in [4.69, 9.17) is 4.74 Å². The molecule has 3 aromatic rings. The number of nitrogens with zero attached hydrogens (tertiary/aromatic N) is 3. The highest BCUT2D eigenvalue weighted by molar-refractivity contribution is 6.08. The number of aromatic amines is 1. The molecule has 0 unspecified atom stereocenters. The molecule has 1 aromatic carbocycles. The molecule has 0 radical (unpaired) electrons. The number of nitrogens with one attached hydrogen (secondary N) is 2. The number of carbonyl (C=O) groups excluding carboxylic acids is 2. The van der Waals surface area contributed by atoms with Gasteiger partial charge in [0.25, 0.3) is 5.91 Å². The van der Waals surface area contributed by atoms with E-state index in [1.54, 1.807) is 17.3 Å². The Bertz CT molecular complexity index is 997. The molecule has 1 aliphatic heterocycles. The number of benzene rings is 1. The highest BCUT2D eigenvalue weighted by Crippen LogP contribution is 2.24. The van der Waals surface area contributed by atoms with E-state index in [1.807, 2.05) is 24.3 Å². The smallest absolute Gasteiger partial charge is 0.409 e. The molecule has 0 atom stereocenters. The molecule has 3 heterocycles. The molecule has 0 saturated heterocycles. The monoisotopic (exact) mass is 351 g/mol. The van der Waals surface area contributed by atoms with Gasteiger partial charge in [-0.25, -0.2) is 4.79 Å². The first-order valence-electron chi connectivity index (χ1n) is 8.20. The summed E-state index contributed by atoms with van der Waals surface area (Å²) in [5, 5.41) is 10.8. The van der Waals surface area contributed by atoms with E-state index in [2.05, 4.69) is 20.5 Å². The number of H-pyrrole nitrogens is 1. The number of aromatic nitrogens is 3. The van der Waals surface area contributed by atoms with Crippen LogP contribution in [0, 0.1) is 0 Å². The number of ether oxygens (including phenoxy) is 1. The molecule has 0 spiro atoms. The summed E-state index contributed by atoms with van der Waals surface area (Å²) < 4.78 is 4.77. The molecular weight excluding hydrogens is 334 g/mol. The maximum absolute atomic E-state index is 12.8. The van der Waals surface area contributed by atoms with Gasteiger partial charge in [0.2, 0.25) is 0 Å². The van der Waals surface area contributed by atoms with Gasteiger partial charge in [-0.3, -0.25) is 14.9 Å². The highest BCUT2D eigenvalue weighted by Gasteiger charge is 2.25. The second-order valence-corrected chi connectivity index (χ2v) is 6.04. The van der Waals surface area contributed by atoms with Crippen molar-refractivity contribution in [3.8, 4) is 0 Å². The molecule has 4 rings (SSSR count). The molecule has 1 aliphatic rings.